The fourth-order valence-corrected chi connectivity index (χ4v) is 3.43. The summed E-state index contributed by atoms with van der Waals surface area (Å²) in [5.74, 6) is 0.146. The Hall–Kier alpha value is -1.95. The number of benzene rings is 1. The summed E-state index contributed by atoms with van der Waals surface area (Å²) in [6, 6.07) is 5.10. The molecule has 0 fully saturated rings. The Bertz CT molecular complexity index is 765. The van der Waals surface area contributed by atoms with Gasteiger partial charge in [0.15, 0.2) is 5.78 Å². The van der Waals surface area contributed by atoms with E-state index in [0.29, 0.717) is 17.7 Å². The molecule has 0 amide bonds. The van der Waals surface area contributed by atoms with E-state index in [1.165, 1.54) is 0 Å². The normalized spacial score (nSPS) is 14.1. The van der Waals surface area contributed by atoms with Gasteiger partial charge in [0.1, 0.15) is 0 Å². The molecule has 0 saturated heterocycles. The molecule has 5 nitrogen and oxygen atoms in total. The first-order valence-corrected chi connectivity index (χ1v) is 7.46. The molecule has 0 unspecified atom stereocenters. The fourth-order valence-electron chi connectivity index (χ4n) is 2.78. The number of carbonyl (C=O) groups is 1. The number of fused-ring (bicyclic) bond motifs is 1. The van der Waals surface area contributed by atoms with Crippen LogP contribution >= 0.6 is 15.9 Å². The van der Waals surface area contributed by atoms with Gasteiger partial charge < -0.3 is 4.57 Å². The van der Waals surface area contributed by atoms with Crippen molar-refractivity contribution < 1.29 is 9.72 Å². The number of nitrogens with zero attached hydrogens (tertiary/aromatic N) is 2. The first kappa shape index (κ1) is 14.0. The van der Waals surface area contributed by atoms with Gasteiger partial charge in [0.2, 0.25) is 0 Å². The zero-order valence-corrected chi connectivity index (χ0v) is 13.0. The summed E-state index contributed by atoms with van der Waals surface area (Å²) in [4.78, 5) is 22.7. The number of nitro benzene ring substituents is 1. The molecule has 1 heterocycles. The third kappa shape index (κ3) is 2.29. The lowest BCUT2D eigenvalue weighted by molar-refractivity contribution is -0.385. The number of aryl methyl sites for hydroxylation is 1. The van der Waals surface area contributed by atoms with E-state index < -0.39 is 0 Å². The van der Waals surface area contributed by atoms with Gasteiger partial charge in [0.05, 0.1) is 10.6 Å². The molecule has 0 bridgehead atoms. The van der Waals surface area contributed by atoms with Crippen LogP contribution in [0, 0.1) is 17.0 Å². The van der Waals surface area contributed by atoms with E-state index in [4.69, 9.17) is 0 Å². The highest BCUT2D eigenvalue weighted by Crippen LogP contribution is 2.33. The molecule has 108 valence electrons. The molecule has 3 rings (SSSR count). The summed E-state index contributed by atoms with van der Waals surface area (Å²) in [5, 5.41) is 11.1. The Morgan fingerprint density at radius 2 is 2.10 bits per heavy atom. The highest BCUT2D eigenvalue weighted by Gasteiger charge is 2.23. The molecule has 0 saturated carbocycles. The van der Waals surface area contributed by atoms with Crippen LogP contribution in [0.5, 0.6) is 0 Å². The number of hydrogen-bond donors (Lipinski definition) is 0. The van der Waals surface area contributed by atoms with E-state index in [-0.39, 0.29) is 16.4 Å². The van der Waals surface area contributed by atoms with Crippen molar-refractivity contribution in [3.05, 3.63) is 55.8 Å². The number of Topliss-reactive ketones (excluding diaryl/α,β-unsaturated/α-hetero) is 1. The van der Waals surface area contributed by atoms with Crippen LogP contribution in [0.3, 0.4) is 0 Å². The van der Waals surface area contributed by atoms with Gasteiger partial charge in [0.25, 0.3) is 5.69 Å². The highest BCUT2D eigenvalue weighted by molar-refractivity contribution is 9.10. The number of halogens is 1. The predicted molar refractivity (Wildman–Crippen MR) is 82.1 cm³/mol. The standard InChI is InChI=1S/C15H13BrN2O3/c1-9-7-11(16)14(8-13(9)18(20)21)17-6-5-10-12(17)3-2-4-15(10)19/h5-8H,2-4H2,1H3. The number of aromatic nitrogens is 1. The van der Waals surface area contributed by atoms with Crippen LogP contribution in [-0.2, 0) is 6.42 Å². The topological polar surface area (TPSA) is 65.1 Å². The molecule has 1 aromatic carbocycles. The summed E-state index contributed by atoms with van der Waals surface area (Å²) in [7, 11) is 0. The Balaban J connectivity index is 2.20. The Morgan fingerprint density at radius 3 is 2.81 bits per heavy atom. The van der Waals surface area contributed by atoms with E-state index in [1.54, 1.807) is 25.1 Å². The fraction of sp³-hybridized carbons (Fsp3) is 0.267. The van der Waals surface area contributed by atoms with Crippen LogP contribution < -0.4 is 0 Å². The van der Waals surface area contributed by atoms with Crippen LogP contribution in [0.2, 0.25) is 0 Å². The van der Waals surface area contributed by atoms with E-state index in [1.807, 2.05) is 10.8 Å². The summed E-state index contributed by atoms with van der Waals surface area (Å²) < 4.78 is 2.66. The molecule has 21 heavy (non-hydrogen) atoms. The lowest BCUT2D eigenvalue weighted by Gasteiger charge is -2.16. The SMILES string of the molecule is Cc1cc(Br)c(-n2ccc3c2CCCC3=O)cc1[N+](=O)[O-]. The second-order valence-electron chi connectivity index (χ2n) is 5.17. The Labute approximate surface area is 129 Å². The van der Waals surface area contributed by atoms with E-state index >= 15 is 0 Å². The maximum Gasteiger partial charge on any atom is 0.274 e. The summed E-state index contributed by atoms with van der Waals surface area (Å²) in [5.41, 5.74) is 3.05. The van der Waals surface area contributed by atoms with Gasteiger partial charge in [-0.25, -0.2) is 0 Å². The van der Waals surface area contributed by atoms with Gasteiger partial charge in [-0.2, -0.15) is 0 Å². The van der Waals surface area contributed by atoms with E-state index in [2.05, 4.69) is 15.9 Å². The Kier molecular flexibility index (Phi) is 3.41. The first-order chi connectivity index (χ1) is 9.99. The van der Waals surface area contributed by atoms with Crippen LogP contribution in [-0.4, -0.2) is 15.3 Å². The van der Waals surface area contributed by atoms with Crippen molar-refractivity contribution in [1.82, 2.24) is 4.57 Å². The van der Waals surface area contributed by atoms with E-state index in [9.17, 15) is 14.9 Å². The van der Waals surface area contributed by atoms with Crippen molar-refractivity contribution in [1.29, 1.82) is 0 Å². The summed E-state index contributed by atoms with van der Waals surface area (Å²) >= 11 is 3.47. The Morgan fingerprint density at radius 1 is 1.33 bits per heavy atom. The maximum absolute atomic E-state index is 11.9. The van der Waals surface area contributed by atoms with Gasteiger partial charge in [-0.05, 0) is 47.8 Å². The third-order valence-corrected chi connectivity index (χ3v) is 4.47. The lowest BCUT2D eigenvalue weighted by atomic mass is 9.96. The van der Waals surface area contributed by atoms with Gasteiger partial charge in [-0.3, -0.25) is 14.9 Å². The van der Waals surface area contributed by atoms with Crippen LogP contribution in [0.1, 0.15) is 34.5 Å². The number of nitro groups is 1. The van der Waals surface area contributed by atoms with Gasteiger partial charge in [-0.1, -0.05) is 0 Å². The van der Waals surface area contributed by atoms with Crippen molar-refractivity contribution in [2.45, 2.75) is 26.2 Å². The van der Waals surface area contributed by atoms with Crippen LogP contribution in [0.25, 0.3) is 5.69 Å². The quantitative estimate of drug-likeness (QED) is 0.609. The summed E-state index contributed by atoms with van der Waals surface area (Å²) in [6.45, 7) is 1.71. The smallest absolute Gasteiger partial charge is 0.274 e. The molecule has 0 atom stereocenters. The number of rotatable bonds is 2. The summed E-state index contributed by atoms with van der Waals surface area (Å²) in [6.07, 6.45) is 4.02. The predicted octanol–water partition coefficient (Wildman–Crippen LogP) is 3.98. The van der Waals surface area contributed by atoms with Crippen molar-refractivity contribution in [2.75, 3.05) is 0 Å². The molecule has 6 heteroatoms. The average Bonchev–Trinajstić information content (AvgIpc) is 2.84. The van der Waals surface area contributed by atoms with Crippen molar-refractivity contribution in [2.24, 2.45) is 0 Å². The monoisotopic (exact) mass is 348 g/mol. The third-order valence-electron chi connectivity index (χ3n) is 3.83. The number of carbonyl (C=O) groups excluding carboxylic acids is 1. The number of ketones is 1. The minimum absolute atomic E-state index is 0.0813. The van der Waals surface area contributed by atoms with Crippen LogP contribution in [0.4, 0.5) is 5.69 Å². The molecule has 0 spiro atoms. The molecule has 1 aliphatic carbocycles. The molecule has 1 aliphatic rings. The molecule has 0 radical (unpaired) electrons. The second-order valence-corrected chi connectivity index (χ2v) is 6.02. The molecule has 2 aromatic rings. The van der Waals surface area contributed by atoms with Crippen molar-refractivity contribution >= 4 is 27.4 Å². The molecule has 1 aromatic heterocycles. The van der Waals surface area contributed by atoms with Gasteiger partial charge in [-0.15, -0.1) is 0 Å². The number of hydrogen-bond acceptors (Lipinski definition) is 3. The minimum atomic E-state index is -0.383. The lowest BCUT2D eigenvalue weighted by Crippen LogP contribution is -2.12. The maximum atomic E-state index is 11.9. The van der Waals surface area contributed by atoms with Crippen molar-refractivity contribution in [3.8, 4) is 5.69 Å². The zero-order valence-electron chi connectivity index (χ0n) is 11.4. The average molecular weight is 349 g/mol. The minimum Gasteiger partial charge on any atom is -0.319 e. The largest absolute Gasteiger partial charge is 0.319 e. The first-order valence-electron chi connectivity index (χ1n) is 6.67. The van der Waals surface area contributed by atoms with Gasteiger partial charge >= 0.3 is 0 Å². The molecule has 0 aliphatic heterocycles. The second kappa shape index (κ2) is 5.11. The van der Waals surface area contributed by atoms with Crippen molar-refractivity contribution in [3.63, 3.8) is 0 Å². The molecular formula is C15H13BrN2O3. The van der Waals surface area contributed by atoms with Crippen LogP contribution in [0.15, 0.2) is 28.9 Å². The highest BCUT2D eigenvalue weighted by atomic mass is 79.9. The molecular weight excluding hydrogens is 336 g/mol. The van der Waals surface area contributed by atoms with Gasteiger partial charge in [0, 0.05) is 40.0 Å². The zero-order chi connectivity index (χ0) is 15.1. The molecule has 0 N–H and O–H groups in total. The van der Waals surface area contributed by atoms with E-state index in [0.717, 1.165) is 28.6 Å².